The number of likely N-dealkylation sites (tertiary alicyclic amines) is 1. The van der Waals surface area contributed by atoms with Gasteiger partial charge in [-0.1, -0.05) is 0 Å². The Balaban J connectivity index is 1.44. The molecule has 2 aliphatic rings. The minimum absolute atomic E-state index is 0.204. The average molecular weight is 362 g/mol. The van der Waals surface area contributed by atoms with E-state index < -0.39 is 0 Å². The minimum atomic E-state index is -0.204. The molecule has 1 aliphatic carbocycles. The van der Waals surface area contributed by atoms with Crippen LogP contribution in [-0.2, 0) is 11.2 Å². The van der Waals surface area contributed by atoms with E-state index in [4.69, 9.17) is 14.1 Å². The zero-order chi connectivity index (χ0) is 18.2. The molecule has 1 aromatic rings. The fourth-order valence-corrected chi connectivity index (χ4v) is 3.05. The summed E-state index contributed by atoms with van der Waals surface area (Å²) in [4.78, 5) is 18.3. The molecule has 0 spiro atoms. The van der Waals surface area contributed by atoms with E-state index in [0.717, 1.165) is 63.1 Å². The molecule has 1 saturated carbocycles. The van der Waals surface area contributed by atoms with Crippen molar-refractivity contribution in [1.29, 1.82) is 0 Å². The number of rotatable bonds is 7. The van der Waals surface area contributed by atoms with Crippen LogP contribution in [0, 0.1) is 5.92 Å². The average Bonchev–Trinajstić information content (AvgIpc) is 3.34. The van der Waals surface area contributed by atoms with Gasteiger partial charge in [0.2, 0.25) is 0 Å². The lowest BCUT2D eigenvalue weighted by Gasteiger charge is -2.32. The number of nitrogens with zero attached hydrogens (tertiary/aromatic N) is 2. The van der Waals surface area contributed by atoms with E-state index in [0.29, 0.717) is 12.6 Å². The van der Waals surface area contributed by atoms with Crippen molar-refractivity contribution in [2.45, 2.75) is 45.1 Å². The van der Waals surface area contributed by atoms with Crippen LogP contribution in [0.4, 0.5) is 4.79 Å². The third-order valence-corrected chi connectivity index (χ3v) is 4.81. The van der Waals surface area contributed by atoms with Gasteiger partial charge in [0.1, 0.15) is 5.76 Å². The van der Waals surface area contributed by atoms with Gasteiger partial charge in [-0.3, -0.25) is 4.99 Å². The van der Waals surface area contributed by atoms with Gasteiger partial charge in [0.05, 0.1) is 12.9 Å². The smallest absolute Gasteiger partial charge is 0.409 e. The van der Waals surface area contributed by atoms with Gasteiger partial charge < -0.3 is 24.7 Å². The van der Waals surface area contributed by atoms with Crippen molar-refractivity contribution in [1.82, 2.24) is 15.5 Å². The molecule has 0 unspecified atom stereocenters. The molecule has 1 aromatic heterocycles. The molecule has 0 aromatic carbocycles. The molecule has 1 aliphatic heterocycles. The van der Waals surface area contributed by atoms with Gasteiger partial charge >= 0.3 is 6.09 Å². The second-order valence-electron chi connectivity index (χ2n) is 6.99. The molecule has 3 rings (SSSR count). The van der Waals surface area contributed by atoms with Crippen LogP contribution in [0.5, 0.6) is 0 Å². The highest BCUT2D eigenvalue weighted by Crippen LogP contribution is 2.28. The second kappa shape index (κ2) is 9.50. The van der Waals surface area contributed by atoms with Crippen LogP contribution >= 0.6 is 0 Å². The molecule has 0 radical (unpaired) electrons. The fourth-order valence-electron chi connectivity index (χ4n) is 3.05. The van der Waals surface area contributed by atoms with E-state index >= 15 is 0 Å². The molecule has 144 valence electrons. The van der Waals surface area contributed by atoms with Crippen LogP contribution in [0.1, 0.15) is 38.4 Å². The first-order valence-corrected chi connectivity index (χ1v) is 9.73. The number of hydrogen-bond acceptors (Lipinski definition) is 4. The Morgan fingerprint density at radius 3 is 2.81 bits per heavy atom. The topological polar surface area (TPSA) is 79.1 Å². The predicted molar refractivity (Wildman–Crippen MR) is 100 cm³/mol. The van der Waals surface area contributed by atoms with Crippen molar-refractivity contribution < 1.29 is 13.9 Å². The Morgan fingerprint density at radius 2 is 2.15 bits per heavy atom. The van der Waals surface area contributed by atoms with Gasteiger partial charge in [0.25, 0.3) is 0 Å². The van der Waals surface area contributed by atoms with Crippen LogP contribution < -0.4 is 10.6 Å². The number of nitrogens with one attached hydrogen (secondary N) is 2. The molecule has 26 heavy (non-hydrogen) atoms. The highest BCUT2D eigenvalue weighted by molar-refractivity contribution is 5.80. The number of amides is 1. The van der Waals surface area contributed by atoms with Crippen LogP contribution in [0.25, 0.3) is 0 Å². The normalized spacial score (nSPS) is 18.7. The molecular formula is C19H30N4O3. The minimum Gasteiger partial charge on any atom is -0.469 e. The fraction of sp³-hybridized carbons (Fsp3) is 0.684. The van der Waals surface area contributed by atoms with Crippen molar-refractivity contribution >= 4 is 12.1 Å². The van der Waals surface area contributed by atoms with Crippen molar-refractivity contribution in [2.75, 3.05) is 32.8 Å². The maximum atomic E-state index is 11.8. The first-order chi connectivity index (χ1) is 12.7. The van der Waals surface area contributed by atoms with Gasteiger partial charge in [-0.15, -0.1) is 0 Å². The number of carbonyl (C=O) groups is 1. The second-order valence-corrected chi connectivity index (χ2v) is 6.99. The van der Waals surface area contributed by atoms with Crippen LogP contribution in [0.15, 0.2) is 27.8 Å². The number of hydrogen-bond donors (Lipinski definition) is 2. The van der Waals surface area contributed by atoms with Gasteiger partial charge in [0, 0.05) is 38.6 Å². The first-order valence-electron chi connectivity index (χ1n) is 9.73. The van der Waals surface area contributed by atoms with Gasteiger partial charge in [-0.2, -0.15) is 0 Å². The molecule has 7 heteroatoms. The molecule has 1 saturated heterocycles. The van der Waals surface area contributed by atoms with E-state index in [2.05, 4.69) is 10.6 Å². The standard InChI is InChI=1S/C19H30N4O3/c1-2-25-19(24)23-11-8-16(9-12-23)22-18(21-14-15-5-6-15)20-10-7-17-4-3-13-26-17/h3-4,13,15-16H,2,5-12,14H2,1H3,(H2,20,21,22). The molecular weight excluding hydrogens is 332 g/mol. The third-order valence-electron chi connectivity index (χ3n) is 4.81. The summed E-state index contributed by atoms with van der Waals surface area (Å²) in [5.41, 5.74) is 0. The number of piperidine rings is 1. The summed E-state index contributed by atoms with van der Waals surface area (Å²) in [5.74, 6) is 2.60. The van der Waals surface area contributed by atoms with Crippen LogP contribution in [0.2, 0.25) is 0 Å². The van der Waals surface area contributed by atoms with Gasteiger partial charge in [-0.25, -0.2) is 4.79 Å². The van der Waals surface area contributed by atoms with Crippen molar-refractivity contribution in [3.63, 3.8) is 0 Å². The summed E-state index contributed by atoms with van der Waals surface area (Å²) in [6.45, 7) is 5.37. The summed E-state index contributed by atoms with van der Waals surface area (Å²) in [6.07, 6.45) is 6.72. The highest BCUT2D eigenvalue weighted by atomic mass is 16.6. The summed E-state index contributed by atoms with van der Waals surface area (Å²) in [5, 5.41) is 6.96. The van der Waals surface area contributed by atoms with Crippen molar-refractivity contribution in [3.8, 4) is 0 Å². The molecule has 0 atom stereocenters. The molecule has 0 bridgehead atoms. The molecule has 2 fully saturated rings. The van der Waals surface area contributed by atoms with Crippen LogP contribution in [0.3, 0.4) is 0 Å². The maximum Gasteiger partial charge on any atom is 0.409 e. The lowest BCUT2D eigenvalue weighted by molar-refractivity contribution is 0.0963. The Hall–Kier alpha value is -2.18. The van der Waals surface area contributed by atoms with Gasteiger partial charge in [0.15, 0.2) is 5.96 Å². The molecule has 2 heterocycles. The summed E-state index contributed by atoms with van der Waals surface area (Å²) in [6, 6.07) is 4.23. The predicted octanol–water partition coefficient (Wildman–Crippen LogP) is 2.39. The lowest BCUT2D eigenvalue weighted by atomic mass is 10.1. The molecule has 1 amide bonds. The van der Waals surface area contributed by atoms with Gasteiger partial charge in [-0.05, 0) is 50.7 Å². The van der Waals surface area contributed by atoms with E-state index in [1.54, 1.807) is 11.2 Å². The molecule has 2 N–H and O–H groups in total. The summed E-state index contributed by atoms with van der Waals surface area (Å²) < 4.78 is 10.5. The number of carbonyl (C=O) groups excluding carboxylic acids is 1. The maximum absolute atomic E-state index is 11.8. The monoisotopic (exact) mass is 362 g/mol. The van der Waals surface area contributed by atoms with Crippen LogP contribution in [-0.4, -0.2) is 55.8 Å². The van der Waals surface area contributed by atoms with E-state index in [-0.39, 0.29) is 6.09 Å². The zero-order valence-electron chi connectivity index (χ0n) is 15.6. The number of guanidine groups is 1. The summed E-state index contributed by atoms with van der Waals surface area (Å²) >= 11 is 0. The Labute approximate surface area is 155 Å². The number of furan rings is 1. The third kappa shape index (κ3) is 5.97. The largest absolute Gasteiger partial charge is 0.469 e. The number of aliphatic imine (C=N–C) groups is 1. The quantitative estimate of drug-likeness (QED) is 0.575. The summed E-state index contributed by atoms with van der Waals surface area (Å²) in [7, 11) is 0. The highest BCUT2D eigenvalue weighted by Gasteiger charge is 2.25. The Kier molecular flexibility index (Phi) is 6.80. The number of ether oxygens (including phenoxy) is 1. The van der Waals surface area contributed by atoms with E-state index in [1.807, 2.05) is 19.1 Å². The Bertz CT molecular complexity index is 576. The van der Waals surface area contributed by atoms with E-state index in [9.17, 15) is 4.79 Å². The first kappa shape index (κ1) is 18.6. The zero-order valence-corrected chi connectivity index (χ0v) is 15.6. The SMILES string of the molecule is CCOC(=O)N1CCC(NC(=NCC2CC2)NCCc2ccco2)CC1. The molecule has 7 nitrogen and oxygen atoms in total. The van der Waals surface area contributed by atoms with E-state index in [1.165, 1.54) is 12.8 Å². The van der Waals surface area contributed by atoms with Crippen molar-refractivity contribution in [3.05, 3.63) is 24.2 Å². The Morgan fingerprint density at radius 1 is 1.35 bits per heavy atom. The van der Waals surface area contributed by atoms with Crippen molar-refractivity contribution in [2.24, 2.45) is 10.9 Å². The lowest BCUT2D eigenvalue weighted by Crippen LogP contribution is -2.50.